The number of hydrogen-bond acceptors (Lipinski definition) is 2. The van der Waals surface area contributed by atoms with E-state index in [0.717, 1.165) is 18.2 Å². The topological polar surface area (TPSA) is 38.0 Å². The Morgan fingerprint density at radius 3 is 2.33 bits per heavy atom. The van der Waals surface area contributed by atoms with Crippen LogP contribution in [0.1, 0.15) is 38.7 Å². The number of nitrogens with one attached hydrogen (secondary N) is 1. The molecular weight excluding hydrogens is 220 g/mol. The zero-order valence-electron chi connectivity index (χ0n) is 11.5. The number of nitrogen functional groups attached to an aromatic ring is 1. The molecule has 2 saturated carbocycles. The fourth-order valence-electron chi connectivity index (χ4n) is 2.97. The summed E-state index contributed by atoms with van der Waals surface area (Å²) in [6.07, 6.45) is 4.02. The van der Waals surface area contributed by atoms with Gasteiger partial charge in [0.2, 0.25) is 0 Å². The summed E-state index contributed by atoms with van der Waals surface area (Å²) in [7, 11) is 0. The molecule has 0 spiro atoms. The van der Waals surface area contributed by atoms with Crippen molar-refractivity contribution < 1.29 is 0 Å². The molecule has 1 aromatic rings. The molecule has 0 bridgehead atoms. The minimum Gasteiger partial charge on any atom is -0.399 e. The SMILES string of the molecule is CC1(C)CC1CNCC1(c2ccc(N)cc2)CC1. The Bertz CT molecular complexity index is 429. The molecule has 2 fully saturated rings. The first-order valence-corrected chi connectivity index (χ1v) is 7.09. The molecule has 1 atom stereocenters. The summed E-state index contributed by atoms with van der Waals surface area (Å²) in [5.41, 5.74) is 9.07. The van der Waals surface area contributed by atoms with Gasteiger partial charge < -0.3 is 11.1 Å². The van der Waals surface area contributed by atoms with Gasteiger partial charge in [-0.1, -0.05) is 26.0 Å². The Kier molecular flexibility index (Phi) is 2.67. The summed E-state index contributed by atoms with van der Waals surface area (Å²) in [6.45, 7) is 7.05. The number of hydrogen-bond donors (Lipinski definition) is 2. The lowest BCUT2D eigenvalue weighted by Crippen LogP contribution is -2.29. The van der Waals surface area contributed by atoms with Crippen LogP contribution in [0.15, 0.2) is 24.3 Å². The molecular formula is C16H24N2. The molecule has 18 heavy (non-hydrogen) atoms. The highest BCUT2D eigenvalue weighted by Gasteiger charge is 2.47. The molecule has 3 rings (SSSR count). The maximum Gasteiger partial charge on any atom is 0.0314 e. The highest BCUT2D eigenvalue weighted by Crippen LogP contribution is 2.51. The molecule has 1 aromatic carbocycles. The quantitative estimate of drug-likeness (QED) is 0.782. The van der Waals surface area contributed by atoms with E-state index in [1.807, 2.05) is 12.1 Å². The molecule has 0 radical (unpaired) electrons. The molecule has 0 amide bonds. The average Bonchev–Trinajstić information content (AvgIpc) is 3.20. The molecule has 2 aliphatic carbocycles. The second kappa shape index (κ2) is 3.99. The van der Waals surface area contributed by atoms with Crippen LogP contribution in [0.2, 0.25) is 0 Å². The molecule has 2 nitrogen and oxygen atoms in total. The first-order valence-electron chi connectivity index (χ1n) is 7.09. The summed E-state index contributed by atoms with van der Waals surface area (Å²) in [4.78, 5) is 0. The standard InChI is InChI=1S/C16H24N2/c1-15(2)9-13(15)10-18-11-16(7-8-16)12-3-5-14(17)6-4-12/h3-6,13,18H,7-11,17H2,1-2H3. The van der Waals surface area contributed by atoms with E-state index in [4.69, 9.17) is 5.73 Å². The van der Waals surface area contributed by atoms with E-state index in [1.54, 1.807) is 0 Å². The van der Waals surface area contributed by atoms with Crippen molar-refractivity contribution in [1.29, 1.82) is 0 Å². The minimum atomic E-state index is 0.409. The lowest BCUT2D eigenvalue weighted by molar-refractivity contribution is 0.495. The van der Waals surface area contributed by atoms with Crippen LogP contribution in [-0.2, 0) is 5.41 Å². The predicted octanol–water partition coefficient (Wildman–Crippen LogP) is 2.94. The van der Waals surface area contributed by atoms with Gasteiger partial charge in [0.15, 0.2) is 0 Å². The molecule has 0 aromatic heterocycles. The van der Waals surface area contributed by atoms with Crippen molar-refractivity contribution in [1.82, 2.24) is 5.32 Å². The van der Waals surface area contributed by atoms with Gasteiger partial charge in [0.25, 0.3) is 0 Å². The van der Waals surface area contributed by atoms with Crippen molar-refractivity contribution in [3.63, 3.8) is 0 Å². The van der Waals surface area contributed by atoms with Gasteiger partial charge in [0.05, 0.1) is 0 Å². The fraction of sp³-hybridized carbons (Fsp3) is 0.625. The van der Waals surface area contributed by atoms with E-state index in [-0.39, 0.29) is 0 Å². The number of nitrogens with two attached hydrogens (primary N) is 1. The van der Waals surface area contributed by atoms with Crippen molar-refractivity contribution >= 4 is 5.69 Å². The Balaban J connectivity index is 1.54. The fourth-order valence-corrected chi connectivity index (χ4v) is 2.97. The Hall–Kier alpha value is -1.02. The Morgan fingerprint density at radius 2 is 1.83 bits per heavy atom. The molecule has 0 aliphatic heterocycles. The Labute approximate surface area is 110 Å². The minimum absolute atomic E-state index is 0.409. The van der Waals surface area contributed by atoms with Gasteiger partial charge >= 0.3 is 0 Å². The molecule has 2 aliphatic rings. The molecule has 98 valence electrons. The van der Waals surface area contributed by atoms with E-state index in [0.29, 0.717) is 10.8 Å². The van der Waals surface area contributed by atoms with Crippen LogP contribution in [0.4, 0.5) is 5.69 Å². The maximum absolute atomic E-state index is 5.75. The van der Waals surface area contributed by atoms with Crippen molar-refractivity contribution in [2.24, 2.45) is 11.3 Å². The van der Waals surface area contributed by atoms with Gasteiger partial charge in [0, 0.05) is 17.6 Å². The van der Waals surface area contributed by atoms with Crippen LogP contribution >= 0.6 is 0 Å². The molecule has 0 heterocycles. The largest absolute Gasteiger partial charge is 0.399 e. The van der Waals surface area contributed by atoms with Crippen molar-refractivity contribution in [3.8, 4) is 0 Å². The first kappa shape index (κ1) is 12.0. The van der Waals surface area contributed by atoms with E-state index in [2.05, 4.69) is 31.3 Å². The van der Waals surface area contributed by atoms with Crippen LogP contribution in [0, 0.1) is 11.3 Å². The summed E-state index contributed by atoms with van der Waals surface area (Å²) in [5, 5.41) is 3.69. The lowest BCUT2D eigenvalue weighted by Gasteiger charge is -2.17. The van der Waals surface area contributed by atoms with Crippen LogP contribution in [0.5, 0.6) is 0 Å². The second-order valence-corrected chi connectivity index (χ2v) is 6.92. The summed E-state index contributed by atoms with van der Waals surface area (Å²) >= 11 is 0. The number of rotatable bonds is 5. The Morgan fingerprint density at radius 1 is 1.22 bits per heavy atom. The van der Waals surface area contributed by atoms with Gasteiger partial charge in [-0.3, -0.25) is 0 Å². The molecule has 1 unspecified atom stereocenters. The van der Waals surface area contributed by atoms with E-state index >= 15 is 0 Å². The van der Waals surface area contributed by atoms with Crippen LogP contribution in [0.3, 0.4) is 0 Å². The van der Waals surface area contributed by atoms with Gasteiger partial charge in [-0.05, 0) is 54.8 Å². The lowest BCUT2D eigenvalue weighted by atomic mass is 9.95. The average molecular weight is 244 g/mol. The van der Waals surface area contributed by atoms with Crippen LogP contribution in [-0.4, -0.2) is 13.1 Å². The van der Waals surface area contributed by atoms with E-state index in [9.17, 15) is 0 Å². The van der Waals surface area contributed by atoms with E-state index in [1.165, 1.54) is 31.4 Å². The van der Waals surface area contributed by atoms with Gasteiger partial charge in [-0.2, -0.15) is 0 Å². The molecule has 0 saturated heterocycles. The highest BCUT2D eigenvalue weighted by molar-refractivity contribution is 5.43. The normalized spacial score (nSPS) is 26.9. The highest BCUT2D eigenvalue weighted by atomic mass is 14.9. The number of anilines is 1. The summed E-state index contributed by atoms with van der Waals surface area (Å²) in [5.74, 6) is 0.889. The molecule has 3 N–H and O–H groups in total. The zero-order chi connectivity index (χ0) is 12.8. The monoisotopic (exact) mass is 244 g/mol. The van der Waals surface area contributed by atoms with E-state index < -0.39 is 0 Å². The third-order valence-corrected chi connectivity index (χ3v) is 4.95. The van der Waals surface area contributed by atoms with Gasteiger partial charge in [-0.15, -0.1) is 0 Å². The van der Waals surface area contributed by atoms with Gasteiger partial charge in [0.1, 0.15) is 0 Å². The van der Waals surface area contributed by atoms with Gasteiger partial charge in [-0.25, -0.2) is 0 Å². The van der Waals surface area contributed by atoms with Crippen LogP contribution in [0.25, 0.3) is 0 Å². The van der Waals surface area contributed by atoms with Crippen molar-refractivity contribution in [2.45, 2.75) is 38.5 Å². The van der Waals surface area contributed by atoms with Crippen molar-refractivity contribution in [2.75, 3.05) is 18.8 Å². The number of benzene rings is 1. The smallest absolute Gasteiger partial charge is 0.0314 e. The maximum atomic E-state index is 5.75. The third-order valence-electron chi connectivity index (χ3n) is 4.95. The molecule has 2 heteroatoms. The summed E-state index contributed by atoms with van der Waals surface area (Å²) < 4.78 is 0. The predicted molar refractivity (Wildman–Crippen MR) is 76.5 cm³/mol. The summed E-state index contributed by atoms with van der Waals surface area (Å²) in [6, 6.07) is 8.45. The first-order chi connectivity index (χ1) is 8.52. The third kappa shape index (κ3) is 2.26. The zero-order valence-corrected chi connectivity index (χ0v) is 11.5. The van der Waals surface area contributed by atoms with Crippen molar-refractivity contribution in [3.05, 3.63) is 29.8 Å². The van der Waals surface area contributed by atoms with Crippen LogP contribution < -0.4 is 11.1 Å². The second-order valence-electron chi connectivity index (χ2n) is 6.92.